The molecule has 1 N–H and O–H groups in total. The first kappa shape index (κ1) is 17.7. The third-order valence-electron chi connectivity index (χ3n) is 6.87. The summed E-state index contributed by atoms with van der Waals surface area (Å²) in [4.78, 5) is 13.4. The van der Waals surface area contributed by atoms with Gasteiger partial charge in [0.2, 0.25) is 0 Å². The summed E-state index contributed by atoms with van der Waals surface area (Å²) in [6.45, 7) is 8.21. The van der Waals surface area contributed by atoms with Gasteiger partial charge in [-0.05, 0) is 56.4 Å². The molecule has 3 aliphatic rings. The van der Waals surface area contributed by atoms with Crippen molar-refractivity contribution in [1.29, 1.82) is 0 Å². The number of rotatable bonds is 2. The van der Waals surface area contributed by atoms with E-state index < -0.39 is 0 Å². The van der Waals surface area contributed by atoms with Gasteiger partial charge in [-0.3, -0.25) is 4.79 Å². The Kier molecular flexibility index (Phi) is 3.82. The molecule has 0 aromatic heterocycles. The number of allylic oxidation sites excluding steroid dienone is 1. The zero-order valence-electron chi connectivity index (χ0n) is 16.8. The molecule has 2 bridgehead atoms. The zero-order valence-corrected chi connectivity index (χ0v) is 16.8. The Morgan fingerprint density at radius 2 is 1.68 bits per heavy atom. The summed E-state index contributed by atoms with van der Waals surface area (Å²) in [5.74, 6) is 0.0938. The van der Waals surface area contributed by atoms with Gasteiger partial charge in [0, 0.05) is 5.92 Å². The number of ketones is 1. The first-order valence-electron chi connectivity index (χ1n) is 10.1. The van der Waals surface area contributed by atoms with Crippen LogP contribution in [0.3, 0.4) is 0 Å². The van der Waals surface area contributed by atoms with Gasteiger partial charge >= 0.3 is 0 Å². The molecule has 0 saturated carbocycles. The Bertz CT molecular complexity index is 1010. The van der Waals surface area contributed by atoms with Crippen LogP contribution in [0.15, 0.2) is 42.2 Å². The average Bonchev–Trinajstić information content (AvgIpc) is 3.28. The van der Waals surface area contributed by atoms with Crippen LogP contribution >= 0.6 is 0 Å². The van der Waals surface area contributed by atoms with Crippen molar-refractivity contribution in [1.82, 2.24) is 0 Å². The third-order valence-corrected chi connectivity index (χ3v) is 6.87. The van der Waals surface area contributed by atoms with Crippen LogP contribution < -0.4 is 0 Å². The van der Waals surface area contributed by atoms with Crippen LogP contribution in [-0.4, -0.2) is 23.1 Å². The highest BCUT2D eigenvalue weighted by atomic mass is 16.5. The van der Waals surface area contributed by atoms with Crippen LogP contribution in [0.1, 0.15) is 45.7 Å². The van der Waals surface area contributed by atoms with Crippen molar-refractivity contribution in [3.63, 3.8) is 0 Å². The first-order chi connectivity index (χ1) is 13.4. The Morgan fingerprint density at radius 1 is 0.964 bits per heavy atom. The number of aliphatic hydroxyl groups excluding tert-OH is 1. The molecule has 2 aliphatic heterocycles. The van der Waals surface area contributed by atoms with Gasteiger partial charge in [0.05, 0.1) is 29.6 Å². The number of fused-ring (bicyclic) bond motifs is 5. The molecule has 3 nitrogen and oxygen atoms in total. The van der Waals surface area contributed by atoms with Crippen molar-refractivity contribution in [3.05, 3.63) is 75.5 Å². The maximum Gasteiger partial charge on any atom is 0.173 e. The van der Waals surface area contributed by atoms with E-state index in [4.69, 9.17) is 4.74 Å². The lowest BCUT2D eigenvalue weighted by Gasteiger charge is -2.28. The Balaban J connectivity index is 1.58. The fraction of sp³-hybridized carbons (Fsp3) is 0.400. The number of aliphatic hydroxyl groups is 1. The lowest BCUT2D eigenvalue weighted by atomic mass is 9.72. The normalized spacial score (nSPS) is 31.0. The minimum atomic E-state index is -0.235. The van der Waals surface area contributed by atoms with Gasteiger partial charge in [-0.2, -0.15) is 0 Å². The number of carbonyl (C=O) groups excluding carboxylic acids is 1. The Labute approximate surface area is 166 Å². The number of aryl methyl sites for hydroxylation is 4. The van der Waals surface area contributed by atoms with Gasteiger partial charge in [0.15, 0.2) is 5.78 Å². The largest absolute Gasteiger partial charge is 0.511 e. The molecular weight excluding hydrogens is 348 g/mol. The monoisotopic (exact) mass is 374 g/mol. The first-order valence-corrected chi connectivity index (χ1v) is 10.1. The molecule has 2 saturated heterocycles. The van der Waals surface area contributed by atoms with E-state index in [-0.39, 0.29) is 41.5 Å². The summed E-state index contributed by atoms with van der Waals surface area (Å²) in [5.41, 5.74) is 7.20. The molecule has 2 aromatic carbocycles. The van der Waals surface area contributed by atoms with Crippen LogP contribution in [0, 0.1) is 39.5 Å². The molecule has 2 heterocycles. The highest BCUT2D eigenvalue weighted by Gasteiger charge is 2.62. The van der Waals surface area contributed by atoms with E-state index in [1.807, 2.05) is 13.8 Å². The minimum Gasteiger partial charge on any atom is -0.511 e. The predicted molar refractivity (Wildman–Crippen MR) is 109 cm³/mol. The van der Waals surface area contributed by atoms with E-state index in [1.165, 1.54) is 16.7 Å². The number of hydrogen-bond donors (Lipinski definition) is 1. The number of ether oxygens (including phenoxy) is 1. The maximum atomic E-state index is 13.4. The molecule has 5 atom stereocenters. The molecule has 5 rings (SSSR count). The van der Waals surface area contributed by atoms with Crippen molar-refractivity contribution in [2.75, 3.05) is 0 Å². The number of benzene rings is 2. The highest BCUT2D eigenvalue weighted by molar-refractivity contribution is 6.26. The molecule has 144 valence electrons. The Morgan fingerprint density at radius 3 is 2.36 bits per heavy atom. The molecule has 2 aromatic rings. The van der Waals surface area contributed by atoms with Crippen molar-refractivity contribution < 1.29 is 14.6 Å². The summed E-state index contributed by atoms with van der Waals surface area (Å²) >= 11 is 0. The Hall–Kier alpha value is -2.39. The standard InChI is InChI=1S/C25H26O3/c1-12-6-5-7-16(10-12)17-11-18-20-22(25(17)28-18)24(27)21(23(20)26)19-14(3)8-13(2)9-15(19)4/h5-10,17-18,20,22,25,27H,11H2,1-4H3/t17-,18-,20-,22+,25+/m0/s1. The van der Waals surface area contributed by atoms with E-state index in [0.717, 1.165) is 23.1 Å². The van der Waals surface area contributed by atoms with Crippen LogP contribution in [0.2, 0.25) is 0 Å². The SMILES string of the molecule is Cc1cccc([C@@H]2C[C@@H]3O[C@H]2[C@H]2C(O)=C(c4c(C)cc(C)cc4C)C(=O)[C@H]23)c1. The van der Waals surface area contributed by atoms with Gasteiger partial charge in [-0.15, -0.1) is 0 Å². The van der Waals surface area contributed by atoms with Crippen molar-refractivity contribution in [2.24, 2.45) is 11.8 Å². The summed E-state index contributed by atoms with van der Waals surface area (Å²) in [7, 11) is 0. The van der Waals surface area contributed by atoms with Crippen LogP contribution in [-0.2, 0) is 9.53 Å². The second-order valence-electron chi connectivity index (χ2n) is 8.85. The molecule has 0 amide bonds. The molecule has 0 radical (unpaired) electrons. The summed E-state index contributed by atoms with van der Waals surface area (Å²) in [6.07, 6.45) is 0.635. The smallest absolute Gasteiger partial charge is 0.173 e. The lowest BCUT2D eigenvalue weighted by molar-refractivity contribution is -0.118. The predicted octanol–water partition coefficient (Wildman–Crippen LogP) is 4.96. The zero-order chi connectivity index (χ0) is 19.7. The van der Waals surface area contributed by atoms with Crippen molar-refractivity contribution in [2.45, 2.75) is 52.2 Å². The fourth-order valence-corrected chi connectivity index (χ4v) is 5.91. The van der Waals surface area contributed by atoms with Crippen LogP contribution in [0.5, 0.6) is 0 Å². The van der Waals surface area contributed by atoms with Gasteiger partial charge in [-0.25, -0.2) is 0 Å². The highest BCUT2D eigenvalue weighted by Crippen LogP contribution is 2.58. The van der Waals surface area contributed by atoms with Gasteiger partial charge < -0.3 is 9.84 Å². The van der Waals surface area contributed by atoms with Crippen molar-refractivity contribution >= 4 is 11.4 Å². The van der Waals surface area contributed by atoms with Gasteiger partial charge in [0.25, 0.3) is 0 Å². The topological polar surface area (TPSA) is 46.5 Å². The van der Waals surface area contributed by atoms with E-state index >= 15 is 0 Å². The van der Waals surface area contributed by atoms with Crippen molar-refractivity contribution in [3.8, 4) is 0 Å². The van der Waals surface area contributed by atoms with Crippen LogP contribution in [0.4, 0.5) is 0 Å². The van der Waals surface area contributed by atoms with E-state index in [1.54, 1.807) is 0 Å². The minimum absolute atomic E-state index is 0.0627. The summed E-state index contributed by atoms with van der Waals surface area (Å²) in [5, 5.41) is 11.2. The number of hydrogen-bond acceptors (Lipinski definition) is 3. The van der Waals surface area contributed by atoms with E-state index in [2.05, 4.69) is 50.2 Å². The second-order valence-corrected chi connectivity index (χ2v) is 8.85. The maximum absolute atomic E-state index is 13.4. The van der Waals surface area contributed by atoms with Crippen LogP contribution in [0.25, 0.3) is 5.57 Å². The average molecular weight is 374 g/mol. The van der Waals surface area contributed by atoms with Gasteiger partial charge in [0.1, 0.15) is 5.76 Å². The van der Waals surface area contributed by atoms with E-state index in [9.17, 15) is 9.90 Å². The molecular formula is C25H26O3. The molecule has 2 fully saturated rings. The lowest BCUT2D eigenvalue weighted by Crippen LogP contribution is -2.33. The molecule has 1 aliphatic carbocycles. The third kappa shape index (κ3) is 2.35. The molecule has 0 spiro atoms. The molecule has 28 heavy (non-hydrogen) atoms. The second kappa shape index (κ2) is 6.05. The summed E-state index contributed by atoms with van der Waals surface area (Å²) in [6, 6.07) is 12.7. The number of carbonyl (C=O) groups is 1. The quantitative estimate of drug-likeness (QED) is 0.808. The van der Waals surface area contributed by atoms with Gasteiger partial charge in [-0.1, -0.05) is 47.5 Å². The van der Waals surface area contributed by atoms with E-state index in [0.29, 0.717) is 5.57 Å². The fourth-order valence-electron chi connectivity index (χ4n) is 5.91. The molecule has 0 unspecified atom stereocenters. The molecule has 3 heteroatoms. The number of Topliss-reactive ketones (excluding diaryl/α,β-unsaturated/α-hetero) is 1. The summed E-state index contributed by atoms with van der Waals surface area (Å²) < 4.78 is 6.24.